The third-order valence-corrected chi connectivity index (χ3v) is 5.67. The highest BCUT2D eigenvalue weighted by Gasteiger charge is 2.35. The smallest absolute Gasteiger partial charge is 0.229 e. The second-order valence-corrected chi connectivity index (χ2v) is 7.61. The van der Waals surface area contributed by atoms with Gasteiger partial charge in [0, 0.05) is 43.0 Å². The number of nitrogens with zero attached hydrogens (tertiary/aromatic N) is 2. The highest BCUT2D eigenvalue weighted by molar-refractivity contribution is 6.03. The van der Waals surface area contributed by atoms with Gasteiger partial charge in [-0.3, -0.25) is 14.4 Å². The molecule has 0 aromatic heterocycles. The van der Waals surface area contributed by atoms with E-state index in [9.17, 15) is 14.4 Å². The molecular formula is C23H25N3O3. The van der Waals surface area contributed by atoms with Crippen molar-refractivity contribution in [3.05, 3.63) is 54.1 Å². The maximum atomic E-state index is 12.7. The van der Waals surface area contributed by atoms with Gasteiger partial charge in [-0.05, 0) is 54.8 Å². The van der Waals surface area contributed by atoms with Crippen molar-refractivity contribution in [3.8, 4) is 0 Å². The molecule has 0 radical (unpaired) electrons. The Morgan fingerprint density at radius 1 is 0.966 bits per heavy atom. The van der Waals surface area contributed by atoms with Crippen LogP contribution in [0.3, 0.4) is 0 Å². The van der Waals surface area contributed by atoms with Crippen LogP contribution in [0.4, 0.5) is 17.1 Å². The van der Waals surface area contributed by atoms with Gasteiger partial charge >= 0.3 is 0 Å². The number of amides is 3. The van der Waals surface area contributed by atoms with Crippen molar-refractivity contribution >= 4 is 34.8 Å². The minimum Gasteiger partial charge on any atom is -0.326 e. The number of carbonyl (C=O) groups excluding carboxylic acids is 3. The normalized spacial score (nSPS) is 19.1. The van der Waals surface area contributed by atoms with Crippen LogP contribution in [-0.2, 0) is 20.8 Å². The Labute approximate surface area is 170 Å². The molecule has 2 heterocycles. The van der Waals surface area contributed by atoms with Crippen molar-refractivity contribution in [3.63, 3.8) is 0 Å². The van der Waals surface area contributed by atoms with E-state index in [0.717, 1.165) is 30.8 Å². The molecule has 4 rings (SSSR count). The number of nitrogens with one attached hydrogen (secondary N) is 1. The minimum atomic E-state index is -0.381. The van der Waals surface area contributed by atoms with Crippen LogP contribution >= 0.6 is 0 Å². The van der Waals surface area contributed by atoms with Gasteiger partial charge in [-0.25, -0.2) is 0 Å². The Kier molecular flexibility index (Phi) is 5.34. The predicted octanol–water partition coefficient (Wildman–Crippen LogP) is 3.37. The summed E-state index contributed by atoms with van der Waals surface area (Å²) < 4.78 is 0. The Hall–Kier alpha value is -3.15. The number of benzene rings is 2. The Morgan fingerprint density at radius 3 is 2.24 bits per heavy atom. The van der Waals surface area contributed by atoms with Crippen molar-refractivity contribution in [1.29, 1.82) is 0 Å². The number of hydrogen-bond donors (Lipinski definition) is 1. The molecule has 3 amide bonds. The molecule has 2 aromatic carbocycles. The van der Waals surface area contributed by atoms with Crippen LogP contribution in [-0.4, -0.2) is 30.8 Å². The number of anilines is 3. The van der Waals surface area contributed by atoms with Crippen LogP contribution in [0, 0.1) is 5.92 Å². The number of carbonyl (C=O) groups is 3. The van der Waals surface area contributed by atoms with Gasteiger partial charge in [0.1, 0.15) is 0 Å². The molecule has 2 fully saturated rings. The molecule has 0 saturated carbocycles. The van der Waals surface area contributed by atoms with Crippen molar-refractivity contribution < 1.29 is 14.4 Å². The monoisotopic (exact) mass is 391 g/mol. The number of hydrogen-bond acceptors (Lipinski definition) is 3. The van der Waals surface area contributed by atoms with Crippen LogP contribution in [0.5, 0.6) is 0 Å². The lowest BCUT2D eigenvalue weighted by molar-refractivity contribution is -0.122. The summed E-state index contributed by atoms with van der Waals surface area (Å²) in [7, 11) is 0. The van der Waals surface area contributed by atoms with Gasteiger partial charge in [0.15, 0.2) is 0 Å². The lowest BCUT2D eigenvalue weighted by Crippen LogP contribution is -2.28. The number of rotatable bonds is 5. The summed E-state index contributed by atoms with van der Waals surface area (Å²) in [4.78, 5) is 40.4. The lowest BCUT2D eigenvalue weighted by Gasteiger charge is -2.18. The lowest BCUT2D eigenvalue weighted by atomic mass is 10.1. The van der Waals surface area contributed by atoms with Crippen LogP contribution in [0.2, 0.25) is 0 Å². The molecule has 29 heavy (non-hydrogen) atoms. The molecule has 150 valence electrons. The average molecular weight is 391 g/mol. The summed E-state index contributed by atoms with van der Waals surface area (Å²) in [6.45, 7) is 3.21. The maximum absolute atomic E-state index is 12.7. The van der Waals surface area contributed by atoms with Crippen molar-refractivity contribution in [2.75, 3.05) is 28.2 Å². The molecule has 6 nitrogen and oxygen atoms in total. The van der Waals surface area contributed by atoms with E-state index in [1.165, 1.54) is 5.56 Å². The zero-order valence-electron chi connectivity index (χ0n) is 16.6. The van der Waals surface area contributed by atoms with Gasteiger partial charge in [0.05, 0.1) is 5.92 Å². The summed E-state index contributed by atoms with van der Waals surface area (Å²) >= 11 is 0. The van der Waals surface area contributed by atoms with Crippen molar-refractivity contribution in [2.45, 2.75) is 32.6 Å². The molecule has 2 aliphatic rings. The molecule has 6 heteroatoms. The van der Waals surface area contributed by atoms with Crippen LogP contribution < -0.4 is 15.1 Å². The van der Waals surface area contributed by atoms with E-state index < -0.39 is 0 Å². The molecule has 2 saturated heterocycles. The van der Waals surface area contributed by atoms with Crippen LogP contribution in [0.25, 0.3) is 0 Å². The van der Waals surface area contributed by atoms with Crippen LogP contribution in [0.15, 0.2) is 48.5 Å². The first-order chi connectivity index (χ1) is 14.0. The first-order valence-electron chi connectivity index (χ1n) is 10.2. The fraction of sp³-hybridized carbons (Fsp3) is 0.348. The van der Waals surface area contributed by atoms with E-state index in [1.54, 1.807) is 21.9 Å². The molecule has 0 bridgehead atoms. The van der Waals surface area contributed by atoms with Gasteiger partial charge < -0.3 is 15.1 Å². The molecule has 1 N–H and O–H groups in total. The highest BCUT2D eigenvalue weighted by atomic mass is 16.2. The fourth-order valence-corrected chi connectivity index (χ4v) is 3.93. The molecule has 0 aliphatic carbocycles. The molecular weight excluding hydrogens is 366 g/mol. The Bertz CT molecular complexity index is 921. The standard InChI is InChI=1S/C23H25N3O3/c1-2-16-5-9-20(10-6-16)26-15-17(14-22(26)28)23(29)24-18-7-11-19(12-8-18)25-13-3-4-21(25)27/h5-12,17H,2-4,13-15H2,1H3,(H,24,29)/t17-/m0/s1. The Morgan fingerprint density at radius 2 is 1.62 bits per heavy atom. The molecule has 1 atom stereocenters. The van der Waals surface area contributed by atoms with E-state index in [-0.39, 0.29) is 30.1 Å². The topological polar surface area (TPSA) is 69.7 Å². The van der Waals surface area contributed by atoms with Crippen LogP contribution in [0.1, 0.15) is 31.7 Å². The quantitative estimate of drug-likeness (QED) is 0.850. The first-order valence-corrected chi connectivity index (χ1v) is 10.2. The molecule has 0 spiro atoms. The van der Waals surface area contributed by atoms with E-state index >= 15 is 0 Å². The third kappa shape index (κ3) is 4.01. The van der Waals surface area contributed by atoms with Gasteiger partial charge in [-0.2, -0.15) is 0 Å². The SMILES string of the molecule is CCc1ccc(N2C[C@@H](C(=O)Nc3ccc(N4CCCC4=O)cc3)CC2=O)cc1. The second kappa shape index (κ2) is 8.07. The van der Waals surface area contributed by atoms with E-state index in [4.69, 9.17) is 0 Å². The first kappa shape index (κ1) is 19.2. The zero-order valence-corrected chi connectivity index (χ0v) is 16.6. The predicted molar refractivity (Wildman–Crippen MR) is 113 cm³/mol. The summed E-state index contributed by atoms with van der Waals surface area (Å²) in [5, 5.41) is 2.90. The number of aryl methyl sites for hydroxylation is 1. The molecule has 2 aliphatic heterocycles. The maximum Gasteiger partial charge on any atom is 0.229 e. The molecule has 0 unspecified atom stereocenters. The summed E-state index contributed by atoms with van der Waals surface area (Å²) in [5.41, 5.74) is 3.57. The highest BCUT2D eigenvalue weighted by Crippen LogP contribution is 2.27. The molecule has 2 aromatic rings. The van der Waals surface area contributed by atoms with Crippen molar-refractivity contribution in [1.82, 2.24) is 0 Å². The van der Waals surface area contributed by atoms with E-state index in [1.807, 2.05) is 36.4 Å². The van der Waals surface area contributed by atoms with E-state index in [2.05, 4.69) is 12.2 Å². The fourth-order valence-electron chi connectivity index (χ4n) is 3.93. The Balaban J connectivity index is 1.38. The second-order valence-electron chi connectivity index (χ2n) is 7.61. The average Bonchev–Trinajstić information content (AvgIpc) is 3.34. The van der Waals surface area contributed by atoms with Crippen molar-refractivity contribution in [2.24, 2.45) is 5.92 Å². The summed E-state index contributed by atoms with van der Waals surface area (Å²) in [6, 6.07) is 15.2. The van der Waals surface area contributed by atoms with Gasteiger partial charge in [0.25, 0.3) is 0 Å². The van der Waals surface area contributed by atoms with E-state index in [0.29, 0.717) is 18.7 Å². The zero-order chi connectivity index (χ0) is 20.4. The van der Waals surface area contributed by atoms with Gasteiger partial charge in [-0.15, -0.1) is 0 Å². The third-order valence-electron chi connectivity index (χ3n) is 5.67. The summed E-state index contributed by atoms with van der Waals surface area (Å²) in [6.07, 6.45) is 2.63. The van der Waals surface area contributed by atoms with Gasteiger partial charge in [-0.1, -0.05) is 19.1 Å². The van der Waals surface area contributed by atoms with Gasteiger partial charge in [0.2, 0.25) is 17.7 Å². The summed E-state index contributed by atoms with van der Waals surface area (Å²) in [5.74, 6) is -0.431. The largest absolute Gasteiger partial charge is 0.326 e. The minimum absolute atomic E-state index is 0.0303.